The van der Waals surface area contributed by atoms with Crippen molar-refractivity contribution in [2.75, 3.05) is 26.9 Å². The fourth-order valence-electron chi connectivity index (χ4n) is 1.28. The Labute approximate surface area is 94.8 Å². The predicted octanol–water partition coefficient (Wildman–Crippen LogP) is 0.538. The van der Waals surface area contributed by atoms with Gasteiger partial charge in [0, 0.05) is 25.3 Å². The van der Waals surface area contributed by atoms with E-state index in [-0.39, 0.29) is 5.56 Å². The normalized spacial score (nSPS) is 10.6. The molecule has 0 atom stereocenters. The lowest BCUT2D eigenvalue weighted by Crippen LogP contribution is -2.14. The fraction of sp³-hybridized carbons (Fsp3) is 0.636. The van der Waals surface area contributed by atoms with Crippen molar-refractivity contribution in [2.45, 2.75) is 19.8 Å². The fourth-order valence-corrected chi connectivity index (χ4v) is 1.28. The molecule has 0 spiro atoms. The number of H-pyrrole nitrogens is 1. The van der Waals surface area contributed by atoms with Crippen molar-refractivity contribution in [1.82, 2.24) is 9.97 Å². The Morgan fingerprint density at radius 1 is 1.38 bits per heavy atom. The Morgan fingerprint density at radius 2 is 2.19 bits per heavy atom. The topological polar surface area (TPSA) is 64.2 Å². The molecule has 0 amide bonds. The summed E-state index contributed by atoms with van der Waals surface area (Å²) in [5, 5.41) is 0. The number of nitrogens with zero attached hydrogens (tertiary/aromatic N) is 1. The van der Waals surface area contributed by atoms with Crippen LogP contribution in [0.4, 0.5) is 0 Å². The van der Waals surface area contributed by atoms with Crippen LogP contribution in [0.15, 0.2) is 10.9 Å². The maximum atomic E-state index is 11.2. The van der Waals surface area contributed by atoms with Gasteiger partial charge in [0.25, 0.3) is 5.56 Å². The van der Waals surface area contributed by atoms with Gasteiger partial charge in [-0.1, -0.05) is 6.92 Å². The SMILES string of the molecule is CCc1cc(=O)[nH]c(CCOCCOC)n1. The van der Waals surface area contributed by atoms with E-state index in [0.717, 1.165) is 12.1 Å². The van der Waals surface area contributed by atoms with Crippen molar-refractivity contribution >= 4 is 0 Å². The first-order chi connectivity index (χ1) is 7.76. The molecule has 1 heterocycles. The maximum absolute atomic E-state index is 11.2. The van der Waals surface area contributed by atoms with Crippen molar-refractivity contribution in [1.29, 1.82) is 0 Å². The molecule has 1 N–H and O–H groups in total. The Morgan fingerprint density at radius 3 is 2.88 bits per heavy atom. The smallest absolute Gasteiger partial charge is 0.251 e. The third kappa shape index (κ3) is 4.55. The summed E-state index contributed by atoms with van der Waals surface area (Å²) in [6, 6.07) is 1.52. The first-order valence-corrected chi connectivity index (χ1v) is 5.42. The molecule has 0 unspecified atom stereocenters. The molecule has 0 bridgehead atoms. The molecule has 0 aliphatic rings. The van der Waals surface area contributed by atoms with E-state index >= 15 is 0 Å². The van der Waals surface area contributed by atoms with Crippen LogP contribution in [0, 0.1) is 0 Å². The zero-order valence-corrected chi connectivity index (χ0v) is 9.78. The van der Waals surface area contributed by atoms with Gasteiger partial charge in [0.05, 0.1) is 19.8 Å². The molecule has 5 nitrogen and oxygen atoms in total. The van der Waals surface area contributed by atoms with E-state index in [9.17, 15) is 4.79 Å². The molecule has 90 valence electrons. The molecule has 0 saturated carbocycles. The summed E-state index contributed by atoms with van der Waals surface area (Å²) in [6.45, 7) is 3.66. The zero-order valence-electron chi connectivity index (χ0n) is 9.78. The van der Waals surface area contributed by atoms with E-state index in [4.69, 9.17) is 9.47 Å². The third-order valence-corrected chi connectivity index (χ3v) is 2.12. The number of nitrogens with one attached hydrogen (secondary N) is 1. The molecule has 0 aliphatic carbocycles. The number of aromatic amines is 1. The minimum Gasteiger partial charge on any atom is -0.382 e. The largest absolute Gasteiger partial charge is 0.382 e. The summed E-state index contributed by atoms with van der Waals surface area (Å²) < 4.78 is 10.2. The quantitative estimate of drug-likeness (QED) is 0.689. The van der Waals surface area contributed by atoms with E-state index in [1.807, 2.05) is 6.92 Å². The lowest BCUT2D eigenvalue weighted by atomic mass is 10.3. The Bertz CT molecular complexity index is 362. The third-order valence-electron chi connectivity index (χ3n) is 2.12. The van der Waals surface area contributed by atoms with Crippen molar-refractivity contribution in [3.63, 3.8) is 0 Å². The summed E-state index contributed by atoms with van der Waals surface area (Å²) in [6.07, 6.45) is 1.38. The van der Waals surface area contributed by atoms with Crippen LogP contribution in [0.2, 0.25) is 0 Å². The van der Waals surface area contributed by atoms with Gasteiger partial charge in [0.15, 0.2) is 0 Å². The van der Waals surface area contributed by atoms with Crippen LogP contribution in [0.1, 0.15) is 18.4 Å². The monoisotopic (exact) mass is 226 g/mol. The number of methoxy groups -OCH3 is 1. The second-order valence-electron chi connectivity index (χ2n) is 3.39. The number of rotatable bonds is 7. The summed E-state index contributed by atoms with van der Waals surface area (Å²) in [4.78, 5) is 18.2. The van der Waals surface area contributed by atoms with Gasteiger partial charge in [0.2, 0.25) is 0 Å². The van der Waals surface area contributed by atoms with Crippen LogP contribution in [0.3, 0.4) is 0 Å². The van der Waals surface area contributed by atoms with Gasteiger partial charge < -0.3 is 14.5 Å². The number of aryl methyl sites for hydroxylation is 1. The molecule has 0 radical (unpaired) electrons. The second kappa shape index (κ2) is 7.14. The molecule has 0 fully saturated rings. The second-order valence-corrected chi connectivity index (χ2v) is 3.39. The Hall–Kier alpha value is -1.20. The summed E-state index contributed by atoms with van der Waals surface area (Å²) in [7, 11) is 1.63. The van der Waals surface area contributed by atoms with Gasteiger partial charge in [0.1, 0.15) is 5.82 Å². The number of aromatic nitrogens is 2. The molecule has 1 aromatic heterocycles. The van der Waals surface area contributed by atoms with Gasteiger partial charge in [-0.3, -0.25) is 4.79 Å². The number of ether oxygens (including phenoxy) is 2. The molecule has 0 aromatic carbocycles. The highest BCUT2D eigenvalue weighted by Crippen LogP contribution is 1.94. The maximum Gasteiger partial charge on any atom is 0.251 e. The molecule has 1 aromatic rings. The molecule has 0 aliphatic heterocycles. The average Bonchev–Trinajstić information content (AvgIpc) is 2.28. The molecule has 16 heavy (non-hydrogen) atoms. The van der Waals surface area contributed by atoms with Gasteiger partial charge in [-0.2, -0.15) is 0 Å². The van der Waals surface area contributed by atoms with E-state index in [0.29, 0.717) is 32.1 Å². The Kier molecular flexibility index (Phi) is 5.74. The first-order valence-electron chi connectivity index (χ1n) is 5.42. The summed E-state index contributed by atoms with van der Waals surface area (Å²) in [5.74, 6) is 0.682. The standard InChI is InChI=1S/C11H18N2O3/c1-3-9-8-11(14)13-10(12-9)4-5-16-7-6-15-2/h8H,3-7H2,1-2H3,(H,12,13,14). The highest BCUT2D eigenvalue weighted by molar-refractivity contribution is 5.02. The molecule has 1 rings (SSSR count). The van der Waals surface area contributed by atoms with Gasteiger partial charge in [-0.25, -0.2) is 4.98 Å². The first kappa shape index (κ1) is 12.9. The van der Waals surface area contributed by atoms with Crippen molar-refractivity contribution < 1.29 is 9.47 Å². The van der Waals surface area contributed by atoms with Crippen LogP contribution in [0.25, 0.3) is 0 Å². The van der Waals surface area contributed by atoms with Gasteiger partial charge in [-0.15, -0.1) is 0 Å². The highest BCUT2D eigenvalue weighted by Gasteiger charge is 1.99. The summed E-state index contributed by atoms with van der Waals surface area (Å²) in [5.41, 5.74) is 0.717. The number of hydrogen-bond donors (Lipinski definition) is 1. The minimum absolute atomic E-state index is 0.0984. The van der Waals surface area contributed by atoms with Crippen LogP contribution in [-0.4, -0.2) is 36.9 Å². The van der Waals surface area contributed by atoms with E-state index in [1.165, 1.54) is 6.07 Å². The summed E-state index contributed by atoms with van der Waals surface area (Å²) >= 11 is 0. The van der Waals surface area contributed by atoms with Crippen molar-refractivity contribution in [3.8, 4) is 0 Å². The van der Waals surface area contributed by atoms with E-state index in [2.05, 4.69) is 9.97 Å². The van der Waals surface area contributed by atoms with Gasteiger partial charge in [-0.05, 0) is 6.42 Å². The lowest BCUT2D eigenvalue weighted by molar-refractivity contribution is 0.0716. The Balaban J connectivity index is 2.41. The zero-order chi connectivity index (χ0) is 11.8. The van der Waals surface area contributed by atoms with E-state index in [1.54, 1.807) is 7.11 Å². The minimum atomic E-state index is -0.0984. The average molecular weight is 226 g/mol. The predicted molar refractivity (Wildman–Crippen MR) is 60.6 cm³/mol. The van der Waals surface area contributed by atoms with Gasteiger partial charge >= 0.3 is 0 Å². The van der Waals surface area contributed by atoms with Crippen molar-refractivity contribution in [3.05, 3.63) is 27.9 Å². The van der Waals surface area contributed by atoms with Crippen molar-refractivity contribution in [2.24, 2.45) is 0 Å². The molecular weight excluding hydrogens is 208 g/mol. The van der Waals surface area contributed by atoms with Crippen LogP contribution in [0.5, 0.6) is 0 Å². The molecular formula is C11H18N2O3. The molecule has 5 heteroatoms. The van der Waals surface area contributed by atoms with Crippen LogP contribution in [-0.2, 0) is 22.3 Å². The highest BCUT2D eigenvalue weighted by atomic mass is 16.5. The van der Waals surface area contributed by atoms with Crippen LogP contribution >= 0.6 is 0 Å². The van der Waals surface area contributed by atoms with Crippen LogP contribution < -0.4 is 5.56 Å². The van der Waals surface area contributed by atoms with E-state index < -0.39 is 0 Å². The molecule has 0 saturated heterocycles. The number of hydrogen-bond acceptors (Lipinski definition) is 4. The lowest BCUT2D eigenvalue weighted by Gasteiger charge is -2.04.